The Bertz CT molecular complexity index is 584. The summed E-state index contributed by atoms with van der Waals surface area (Å²) in [7, 11) is 0. The molecule has 0 aliphatic heterocycles. The molecule has 4 heteroatoms. The second-order valence-electron chi connectivity index (χ2n) is 4.85. The Balaban J connectivity index is 2.38. The maximum absolute atomic E-state index is 5.75. The number of aryl methyl sites for hydroxylation is 2. The molecule has 4 nitrogen and oxygen atoms in total. The lowest BCUT2D eigenvalue weighted by atomic mass is 9.95. The monoisotopic (exact) mass is 271 g/mol. The van der Waals surface area contributed by atoms with Crippen molar-refractivity contribution < 1.29 is 4.74 Å². The normalized spacial score (nSPS) is 12.2. The summed E-state index contributed by atoms with van der Waals surface area (Å²) in [5, 5.41) is 0. The van der Waals surface area contributed by atoms with E-state index in [1.807, 2.05) is 19.2 Å². The summed E-state index contributed by atoms with van der Waals surface area (Å²) in [6, 6.07) is 8.22. The average molecular weight is 271 g/mol. The SMILES string of the molecule is CCOc1cncc(C(NN)c2ccc(C)cc2C)c1. The minimum Gasteiger partial charge on any atom is -0.492 e. The molecule has 0 fully saturated rings. The topological polar surface area (TPSA) is 60.2 Å². The van der Waals surface area contributed by atoms with Crippen LogP contribution < -0.4 is 16.0 Å². The maximum atomic E-state index is 5.75. The van der Waals surface area contributed by atoms with Crippen molar-refractivity contribution in [1.82, 2.24) is 10.4 Å². The summed E-state index contributed by atoms with van der Waals surface area (Å²) in [4.78, 5) is 4.22. The summed E-state index contributed by atoms with van der Waals surface area (Å²) in [6.45, 7) is 6.75. The number of nitrogens with one attached hydrogen (secondary N) is 1. The number of hydrazine groups is 1. The zero-order valence-corrected chi connectivity index (χ0v) is 12.2. The van der Waals surface area contributed by atoms with Gasteiger partial charge >= 0.3 is 0 Å². The summed E-state index contributed by atoms with van der Waals surface area (Å²) >= 11 is 0. The predicted octanol–water partition coefficient (Wildman–Crippen LogP) is 2.65. The molecular formula is C16H21N3O. The fourth-order valence-corrected chi connectivity index (χ4v) is 2.35. The van der Waals surface area contributed by atoms with Crippen LogP contribution in [0.15, 0.2) is 36.7 Å². The Labute approximate surface area is 120 Å². The molecule has 0 radical (unpaired) electrons. The van der Waals surface area contributed by atoms with Crippen molar-refractivity contribution in [2.75, 3.05) is 6.61 Å². The van der Waals surface area contributed by atoms with Gasteiger partial charge in [0.05, 0.1) is 18.8 Å². The van der Waals surface area contributed by atoms with E-state index >= 15 is 0 Å². The lowest BCUT2D eigenvalue weighted by Crippen LogP contribution is -2.29. The fraction of sp³-hybridized carbons (Fsp3) is 0.312. The van der Waals surface area contributed by atoms with Gasteiger partial charge in [-0.25, -0.2) is 5.43 Å². The third kappa shape index (κ3) is 3.15. The smallest absolute Gasteiger partial charge is 0.137 e. The van der Waals surface area contributed by atoms with E-state index in [2.05, 4.69) is 42.5 Å². The van der Waals surface area contributed by atoms with Crippen molar-refractivity contribution in [2.24, 2.45) is 5.84 Å². The van der Waals surface area contributed by atoms with Crippen LogP contribution in [0, 0.1) is 13.8 Å². The molecule has 1 unspecified atom stereocenters. The van der Waals surface area contributed by atoms with Crippen LogP contribution in [-0.2, 0) is 0 Å². The molecule has 0 aliphatic carbocycles. The highest BCUT2D eigenvalue weighted by Crippen LogP contribution is 2.26. The molecule has 3 N–H and O–H groups in total. The molecule has 0 aliphatic rings. The number of nitrogens with zero attached hydrogens (tertiary/aromatic N) is 1. The third-order valence-corrected chi connectivity index (χ3v) is 3.28. The Morgan fingerprint density at radius 2 is 2.05 bits per heavy atom. The first-order valence-electron chi connectivity index (χ1n) is 6.76. The van der Waals surface area contributed by atoms with Crippen molar-refractivity contribution in [3.8, 4) is 5.75 Å². The largest absolute Gasteiger partial charge is 0.492 e. The highest BCUT2D eigenvalue weighted by Gasteiger charge is 2.15. The molecule has 2 aromatic rings. The minimum atomic E-state index is -0.0940. The van der Waals surface area contributed by atoms with Crippen molar-refractivity contribution in [3.05, 3.63) is 58.9 Å². The number of aromatic nitrogens is 1. The minimum absolute atomic E-state index is 0.0940. The van der Waals surface area contributed by atoms with Gasteiger partial charge < -0.3 is 4.74 Å². The second-order valence-corrected chi connectivity index (χ2v) is 4.85. The maximum Gasteiger partial charge on any atom is 0.137 e. The summed E-state index contributed by atoms with van der Waals surface area (Å²) in [6.07, 6.45) is 3.52. The lowest BCUT2D eigenvalue weighted by Gasteiger charge is -2.19. The van der Waals surface area contributed by atoms with E-state index in [-0.39, 0.29) is 6.04 Å². The summed E-state index contributed by atoms with van der Waals surface area (Å²) < 4.78 is 5.50. The molecule has 1 aromatic carbocycles. The van der Waals surface area contributed by atoms with Crippen LogP contribution in [0.1, 0.15) is 35.2 Å². The first-order valence-corrected chi connectivity index (χ1v) is 6.76. The number of ether oxygens (including phenoxy) is 1. The number of pyridine rings is 1. The van der Waals surface area contributed by atoms with Crippen molar-refractivity contribution in [3.63, 3.8) is 0 Å². The van der Waals surface area contributed by atoms with Crippen LogP contribution in [0.4, 0.5) is 0 Å². The van der Waals surface area contributed by atoms with E-state index in [1.54, 1.807) is 6.20 Å². The molecule has 1 aromatic heterocycles. The van der Waals surface area contributed by atoms with Gasteiger partial charge in [0.2, 0.25) is 0 Å². The highest BCUT2D eigenvalue weighted by molar-refractivity contribution is 5.39. The van der Waals surface area contributed by atoms with E-state index in [1.165, 1.54) is 11.1 Å². The Morgan fingerprint density at radius 3 is 2.70 bits per heavy atom. The van der Waals surface area contributed by atoms with Crippen LogP contribution in [0.2, 0.25) is 0 Å². The summed E-state index contributed by atoms with van der Waals surface area (Å²) in [5.74, 6) is 6.51. The number of hydrogen-bond donors (Lipinski definition) is 2. The first kappa shape index (κ1) is 14.5. The number of nitrogens with two attached hydrogens (primary N) is 1. The quantitative estimate of drug-likeness (QED) is 0.648. The molecule has 20 heavy (non-hydrogen) atoms. The summed E-state index contributed by atoms with van der Waals surface area (Å²) in [5.41, 5.74) is 7.45. The van der Waals surface area contributed by atoms with Gasteiger partial charge in [0.15, 0.2) is 0 Å². The average Bonchev–Trinajstić information content (AvgIpc) is 2.43. The Morgan fingerprint density at radius 1 is 1.25 bits per heavy atom. The van der Waals surface area contributed by atoms with E-state index in [9.17, 15) is 0 Å². The van der Waals surface area contributed by atoms with E-state index in [0.717, 1.165) is 16.9 Å². The van der Waals surface area contributed by atoms with Crippen LogP contribution in [0.25, 0.3) is 0 Å². The molecule has 0 amide bonds. The lowest BCUT2D eigenvalue weighted by molar-refractivity contribution is 0.338. The van der Waals surface area contributed by atoms with Gasteiger partial charge in [0, 0.05) is 6.20 Å². The van der Waals surface area contributed by atoms with Gasteiger partial charge in [-0.3, -0.25) is 10.8 Å². The van der Waals surface area contributed by atoms with E-state index in [0.29, 0.717) is 6.61 Å². The zero-order valence-electron chi connectivity index (χ0n) is 12.2. The molecule has 2 rings (SSSR count). The Kier molecular flexibility index (Phi) is 4.71. The predicted molar refractivity (Wildman–Crippen MR) is 80.5 cm³/mol. The molecular weight excluding hydrogens is 250 g/mol. The molecule has 1 atom stereocenters. The van der Waals surface area contributed by atoms with Crippen LogP contribution >= 0.6 is 0 Å². The first-order chi connectivity index (χ1) is 9.65. The van der Waals surface area contributed by atoms with Gasteiger partial charge in [-0.2, -0.15) is 0 Å². The van der Waals surface area contributed by atoms with Gasteiger partial charge in [0.25, 0.3) is 0 Å². The van der Waals surface area contributed by atoms with Crippen LogP contribution in [-0.4, -0.2) is 11.6 Å². The van der Waals surface area contributed by atoms with Crippen molar-refractivity contribution in [1.29, 1.82) is 0 Å². The van der Waals surface area contributed by atoms with Crippen molar-refractivity contribution in [2.45, 2.75) is 26.8 Å². The van der Waals surface area contributed by atoms with Crippen LogP contribution in [0.3, 0.4) is 0 Å². The van der Waals surface area contributed by atoms with E-state index in [4.69, 9.17) is 10.6 Å². The third-order valence-electron chi connectivity index (χ3n) is 3.28. The number of rotatable bonds is 5. The molecule has 0 spiro atoms. The van der Waals surface area contributed by atoms with Crippen molar-refractivity contribution >= 4 is 0 Å². The second kappa shape index (κ2) is 6.50. The highest BCUT2D eigenvalue weighted by atomic mass is 16.5. The van der Waals surface area contributed by atoms with Crippen LogP contribution in [0.5, 0.6) is 5.75 Å². The zero-order chi connectivity index (χ0) is 14.5. The van der Waals surface area contributed by atoms with Gasteiger partial charge in [-0.05, 0) is 43.5 Å². The standard InChI is InChI=1S/C16H21N3O/c1-4-20-14-8-13(9-18-10-14)16(19-17)15-6-5-11(2)7-12(15)3/h5-10,16,19H,4,17H2,1-3H3. The molecule has 106 valence electrons. The number of benzene rings is 1. The van der Waals surface area contributed by atoms with Gasteiger partial charge in [-0.1, -0.05) is 23.8 Å². The fourth-order valence-electron chi connectivity index (χ4n) is 2.35. The Hall–Kier alpha value is -1.91. The van der Waals surface area contributed by atoms with E-state index < -0.39 is 0 Å². The molecule has 0 saturated heterocycles. The van der Waals surface area contributed by atoms with Gasteiger partial charge in [0.1, 0.15) is 5.75 Å². The van der Waals surface area contributed by atoms with Gasteiger partial charge in [-0.15, -0.1) is 0 Å². The number of hydrogen-bond acceptors (Lipinski definition) is 4. The molecule has 1 heterocycles. The molecule has 0 saturated carbocycles. The molecule has 0 bridgehead atoms.